The summed E-state index contributed by atoms with van der Waals surface area (Å²) in [5, 5.41) is 38.0. The number of nitrogens with zero attached hydrogens (tertiary/aromatic N) is 1. The van der Waals surface area contributed by atoms with E-state index in [0.717, 1.165) is 0 Å². The van der Waals surface area contributed by atoms with Gasteiger partial charge in [-0.2, -0.15) is 4.39 Å². The van der Waals surface area contributed by atoms with E-state index < -0.39 is 54.3 Å². The third kappa shape index (κ3) is 1.98. The van der Waals surface area contributed by atoms with Crippen LogP contribution in [-0.2, 0) is 10.5 Å². The van der Waals surface area contributed by atoms with Gasteiger partial charge in [0.2, 0.25) is 11.5 Å². The molecule has 0 unspecified atom stereocenters. The Morgan fingerprint density at radius 2 is 2.05 bits per heavy atom. The van der Waals surface area contributed by atoms with Crippen LogP contribution in [0.15, 0.2) is 15.8 Å². The molecule has 9 nitrogen and oxygen atoms in total. The molecule has 0 aliphatic carbocycles. The van der Waals surface area contributed by atoms with Crippen molar-refractivity contribution in [1.82, 2.24) is 9.55 Å². The van der Waals surface area contributed by atoms with Crippen molar-refractivity contribution >= 4 is 0 Å². The Hall–Kier alpha value is -1.59. The van der Waals surface area contributed by atoms with Crippen molar-refractivity contribution in [3.8, 4) is 0 Å². The third-order valence-corrected chi connectivity index (χ3v) is 3.23. The van der Waals surface area contributed by atoms with Crippen LogP contribution in [0, 0.1) is 5.82 Å². The highest BCUT2D eigenvalue weighted by Crippen LogP contribution is 2.34. The summed E-state index contributed by atoms with van der Waals surface area (Å²) in [7, 11) is 0. The Morgan fingerprint density at radius 1 is 1.40 bits per heavy atom. The quantitative estimate of drug-likeness (QED) is 0.387. The van der Waals surface area contributed by atoms with Crippen molar-refractivity contribution in [2.75, 3.05) is 13.2 Å². The smallest absolute Gasteiger partial charge is 0.331 e. The molecule has 5 N–H and O–H groups in total. The van der Waals surface area contributed by atoms with Crippen LogP contribution < -0.4 is 11.2 Å². The fourth-order valence-electron chi connectivity index (χ4n) is 2.15. The number of aliphatic hydroxyl groups is 4. The zero-order valence-corrected chi connectivity index (χ0v) is 10.1. The lowest BCUT2D eigenvalue weighted by Gasteiger charge is -2.31. The van der Waals surface area contributed by atoms with Gasteiger partial charge >= 0.3 is 5.69 Å². The van der Waals surface area contributed by atoms with E-state index in [4.69, 9.17) is 9.84 Å². The number of aromatic amines is 1. The van der Waals surface area contributed by atoms with Gasteiger partial charge in [0.15, 0.2) is 0 Å². The van der Waals surface area contributed by atoms with Gasteiger partial charge in [-0.25, -0.2) is 4.79 Å². The number of ether oxygens (including phenoxy) is 1. The number of hydrogen-bond donors (Lipinski definition) is 5. The van der Waals surface area contributed by atoms with Crippen LogP contribution in [0.2, 0.25) is 0 Å². The minimum atomic E-state index is -2.20. The Morgan fingerprint density at radius 3 is 2.55 bits per heavy atom. The summed E-state index contributed by atoms with van der Waals surface area (Å²) in [4.78, 5) is 24.3. The predicted molar refractivity (Wildman–Crippen MR) is 60.3 cm³/mol. The van der Waals surface area contributed by atoms with Crippen LogP contribution in [0.4, 0.5) is 4.39 Å². The van der Waals surface area contributed by atoms with Gasteiger partial charge in [-0.05, 0) is 0 Å². The average Bonchev–Trinajstić information content (AvgIpc) is 2.68. The zero-order valence-electron chi connectivity index (χ0n) is 10.1. The molecule has 0 amide bonds. The zero-order chi connectivity index (χ0) is 15.1. The lowest BCUT2D eigenvalue weighted by atomic mass is 10.0. The summed E-state index contributed by atoms with van der Waals surface area (Å²) in [5.74, 6) is -1.34. The molecule has 0 aromatic carbocycles. The van der Waals surface area contributed by atoms with Crippen LogP contribution in [0.25, 0.3) is 0 Å². The minimum Gasteiger partial charge on any atom is -0.394 e. The van der Waals surface area contributed by atoms with E-state index in [1.165, 1.54) is 0 Å². The lowest BCUT2D eigenvalue weighted by molar-refractivity contribution is -0.174. The van der Waals surface area contributed by atoms with Crippen LogP contribution in [0.5, 0.6) is 0 Å². The van der Waals surface area contributed by atoms with Crippen LogP contribution in [0.3, 0.4) is 0 Å². The standard InChI is InChI=1S/C10H13FN2O7/c11-4-1-13(9(19)12-8(4)18)10(3-15)7(17)6(16)5(2-14)20-10/h1,5-7,14-17H,2-3H2,(H,12,18,19)/t5-,6-,7-,10-/m1/s1. The van der Waals surface area contributed by atoms with Crippen LogP contribution in [0.1, 0.15) is 0 Å². The van der Waals surface area contributed by atoms with E-state index in [9.17, 15) is 29.3 Å². The van der Waals surface area contributed by atoms with Crippen LogP contribution >= 0.6 is 0 Å². The second kappa shape index (κ2) is 5.07. The fourth-order valence-corrected chi connectivity index (χ4v) is 2.15. The number of hydrogen-bond acceptors (Lipinski definition) is 7. The van der Waals surface area contributed by atoms with Gasteiger partial charge in [-0.15, -0.1) is 0 Å². The van der Waals surface area contributed by atoms with Gasteiger partial charge in [0, 0.05) is 0 Å². The Balaban J connectivity index is 2.61. The maximum absolute atomic E-state index is 13.3. The number of aliphatic hydroxyl groups excluding tert-OH is 4. The number of aromatic nitrogens is 2. The molecule has 2 heterocycles. The monoisotopic (exact) mass is 292 g/mol. The first-order valence-electron chi connectivity index (χ1n) is 5.65. The summed E-state index contributed by atoms with van der Waals surface area (Å²) in [6, 6.07) is 0. The van der Waals surface area contributed by atoms with Crippen molar-refractivity contribution in [3.63, 3.8) is 0 Å². The molecule has 1 aliphatic heterocycles. The molecule has 10 heteroatoms. The van der Waals surface area contributed by atoms with Crippen molar-refractivity contribution < 1.29 is 29.6 Å². The lowest BCUT2D eigenvalue weighted by Crippen LogP contribution is -2.54. The summed E-state index contributed by atoms with van der Waals surface area (Å²) < 4.78 is 18.8. The maximum atomic E-state index is 13.3. The second-order valence-electron chi connectivity index (χ2n) is 4.38. The second-order valence-corrected chi connectivity index (χ2v) is 4.38. The highest BCUT2D eigenvalue weighted by atomic mass is 19.1. The van der Waals surface area contributed by atoms with E-state index in [1.807, 2.05) is 0 Å². The van der Waals surface area contributed by atoms with Crippen molar-refractivity contribution in [2.45, 2.75) is 24.0 Å². The molecule has 0 spiro atoms. The van der Waals surface area contributed by atoms with Crippen LogP contribution in [-0.4, -0.2) is 61.5 Å². The molecule has 1 fully saturated rings. The van der Waals surface area contributed by atoms with Gasteiger partial charge in [0.25, 0.3) is 5.56 Å². The van der Waals surface area contributed by atoms with Gasteiger partial charge < -0.3 is 25.2 Å². The molecule has 0 saturated carbocycles. The predicted octanol–water partition coefficient (Wildman–Crippen LogP) is -3.57. The maximum Gasteiger partial charge on any atom is 0.331 e. The van der Waals surface area contributed by atoms with E-state index >= 15 is 0 Å². The van der Waals surface area contributed by atoms with Crippen molar-refractivity contribution in [1.29, 1.82) is 0 Å². The summed E-state index contributed by atoms with van der Waals surface area (Å²) >= 11 is 0. The molecule has 0 radical (unpaired) electrons. The highest BCUT2D eigenvalue weighted by Gasteiger charge is 2.55. The topological polar surface area (TPSA) is 145 Å². The Bertz CT molecular complexity index is 614. The Labute approximate surface area is 110 Å². The fraction of sp³-hybridized carbons (Fsp3) is 0.600. The number of rotatable bonds is 3. The van der Waals surface area contributed by atoms with Gasteiger partial charge in [0.05, 0.1) is 19.4 Å². The molecule has 0 bridgehead atoms. The minimum absolute atomic E-state index is 0.438. The Kier molecular flexibility index (Phi) is 3.75. The first kappa shape index (κ1) is 14.8. The summed E-state index contributed by atoms with van der Waals surface area (Å²) in [6.07, 6.45) is -4.24. The summed E-state index contributed by atoms with van der Waals surface area (Å²) in [6.45, 7) is -1.69. The number of halogens is 1. The van der Waals surface area contributed by atoms with Gasteiger partial charge in [-0.3, -0.25) is 14.3 Å². The van der Waals surface area contributed by atoms with Crippen molar-refractivity contribution in [2.24, 2.45) is 0 Å². The molecule has 1 saturated heterocycles. The first-order chi connectivity index (χ1) is 9.37. The largest absolute Gasteiger partial charge is 0.394 e. The molecule has 1 aliphatic rings. The SMILES string of the molecule is O=c1[nH]c(=O)n([C@]2(CO)O[C@H](CO)[C@@H](O)[C@H]2O)cc1F. The highest BCUT2D eigenvalue weighted by molar-refractivity contribution is 5.02. The van der Waals surface area contributed by atoms with E-state index in [1.54, 1.807) is 4.98 Å². The van der Waals surface area contributed by atoms with Gasteiger partial charge in [-0.1, -0.05) is 0 Å². The number of H-pyrrole nitrogens is 1. The molecule has 4 atom stereocenters. The summed E-state index contributed by atoms with van der Waals surface area (Å²) in [5.41, 5.74) is -4.61. The normalized spacial score (nSPS) is 33.5. The molecular formula is C10H13FN2O7. The molecule has 20 heavy (non-hydrogen) atoms. The number of nitrogens with one attached hydrogen (secondary N) is 1. The van der Waals surface area contributed by atoms with Crippen molar-refractivity contribution in [3.05, 3.63) is 32.9 Å². The molecule has 112 valence electrons. The van der Waals surface area contributed by atoms with E-state index in [2.05, 4.69) is 0 Å². The van der Waals surface area contributed by atoms with E-state index in [0.29, 0.717) is 10.8 Å². The third-order valence-electron chi connectivity index (χ3n) is 3.23. The van der Waals surface area contributed by atoms with E-state index in [-0.39, 0.29) is 0 Å². The average molecular weight is 292 g/mol. The van der Waals surface area contributed by atoms with Gasteiger partial charge in [0.1, 0.15) is 18.3 Å². The first-order valence-corrected chi connectivity index (χ1v) is 5.65. The molecular weight excluding hydrogens is 279 g/mol. The molecule has 1 aromatic rings. The molecule has 1 aromatic heterocycles. The molecule has 2 rings (SSSR count).